The Bertz CT molecular complexity index is 430. The van der Waals surface area contributed by atoms with Crippen LogP contribution in [0.1, 0.15) is 30.0 Å². The summed E-state index contributed by atoms with van der Waals surface area (Å²) >= 11 is 0. The first kappa shape index (κ1) is 13.7. The van der Waals surface area contributed by atoms with E-state index in [1.807, 2.05) is 6.07 Å². The smallest absolute Gasteiger partial charge is 0.119 e. The number of methoxy groups -OCH3 is 1. The molecule has 0 radical (unpaired) electrons. The molecule has 1 spiro atoms. The van der Waals surface area contributed by atoms with Gasteiger partial charge in [-0.3, -0.25) is 0 Å². The highest BCUT2D eigenvalue weighted by Crippen LogP contribution is 2.50. The third-order valence-corrected chi connectivity index (χ3v) is 4.49. The SMILES string of the molecule is COc1ccc2c(c1)CC1(CCNCC1)C2N.Cl. The summed E-state index contributed by atoms with van der Waals surface area (Å²) in [5.41, 5.74) is 9.48. The molecule has 1 fully saturated rings. The summed E-state index contributed by atoms with van der Waals surface area (Å²) in [5.74, 6) is 0.946. The van der Waals surface area contributed by atoms with E-state index in [0.717, 1.165) is 25.3 Å². The van der Waals surface area contributed by atoms with Crippen molar-refractivity contribution in [2.24, 2.45) is 11.1 Å². The zero-order chi connectivity index (χ0) is 11.9. The van der Waals surface area contributed by atoms with Crippen LogP contribution in [0.15, 0.2) is 18.2 Å². The molecular formula is C14H21ClN2O. The third kappa shape index (κ3) is 2.00. The minimum Gasteiger partial charge on any atom is -0.497 e. The summed E-state index contributed by atoms with van der Waals surface area (Å²) in [4.78, 5) is 0. The molecule has 0 amide bonds. The molecule has 3 rings (SSSR count). The van der Waals surface area contributed by atoms with E-state index in [0.29, 0.717) is 5.41 Å². The first-order valence-electron chi connectivity index (χ1n) is 6.38. The van der Waals surface area contributed by atoms with Gasteiger partial charge in [-0.15, -0.1) is 12.4 Å². The summed E-state index contributed by atoms with van der Waals surface area (Å²) < 4.78 is 5.30. The number of benzene rings is 1. The lowest BCUT2D eigenvalue weighted by Gasteiger charge is -2.37. The minimum absolute atomic E-state index is 0. The molecule has 0 aromatic heterocycles. The van der Waals surface area contributed by atoms with Gasteiger partial charge >= 0.3 is 0 Å². The van der Waals surface area contributed by atoms with E-state index in [9.17, 15) is 0 Å². The van der Waals surface area contributed by atoms with Crippen molar-refractivity contribution in [1.82, 2.24) is 5.32 Å². The summed E-state index contributed by atoms with van der Waals surface area (Å²) in [6, 6.07) is 6.53. The van der Waals surface area contributed by atoms with Crippen LogP contribution in [0.3, 0.4) is 0 Å². The molecule has 4 heteroatoms. The van der Waals surface area contributed by atoms with Crippen LogP contribution in [-0.2, 0) is 6.42 Å². The molecule has 1 saturated heterocycles. The van der Waals surface area contributed by atoms with Crippen molar-refractivity contribution < 1.29 is 4.74 Å². The van der Waals surface area contributed by atoms with Crippen LogP contribution in [0.2, 0.25) is 0 Å². The fourth-order valence-corrected chi connectivity index (χ4v) is 3.40. The van der Waals surface area contributed by atoms with E-state index < -0.39 is 0 Å². The van der Waals surface area contributed by atoms with Gasteiger partial charge in [0.2, 0.25) is 0 Å². The third-order valence-electron chi connectivity index (χ3n) is 4.49. The fourth-order valence-electron chi connectivity index (χ4n) is 3.40. The number of piperidine rings is 1. The van der Waals surface area contributed by atoms with Gasteiger partial charge in [-0.2, -0.15) is 0 Å². The monoisotopic (exact) mass is 268 g/mol. The Morgan fingerprint density at radius 3 is 2.72 bits per heavy atom. The fraction of sp³-hybridized carbons (Fsp3) is 0.571. The van der Waals surface area contributed by atoms with Crippen LogP contribution >= 0.6 is 12.4 Å². The van der Waals surface area contributed by atoms with E-state index in [1.54, 1.807) is 7.11 Å². The highest BCUT2D eigenvalue weighted by molar-refractivity contribution is 5.85. The number of nitrogens with one attached hydrogen (secondary N) is 1. The second kappa shape index (κ2) is 5.08. The van der Waals surface area contributed by atoms with E-state index in [4.69, 9.17) is 10.5 Å². The van der Waals surface area contributed by atoms with E-state index in [2.05, 4.69) is 17.4 Å². The van der Waals surface area contributed by atoms with Gasteiger partial charge in [0.1, 0.15) is 5.75 Å². The molecule has 3 N–H and O–H groups in total. The van der Waals surface area contributed by atoms with E-state index >= 15 is 0 Å². The van der Waals surface area contributed by atoms with Gasteiger partial charge in [0.25, 0.3) is 0 Å². The van der Waals surface area contributed by atoms with Crippen molar-refractivity contribution in [1.29, 1.82) is 0 Å². The van der Waals surface area contributed by atoms with Gasteiger partial charge < -0.3 is 15.8 Å². The number of hydrogen-bond acceptors (Lipinski definition) is 3. The number of rotatable bonds is 1. The van der Waals surface area contributed by atoms with E-state index in [1.165, 1.54) is 24.0 Å². The Morgan fingerprint density at radius 1 is 1.33 bits per heavy atom. The standard InChI is InChI=1S/C14H20N2O.ClH/c1-17-11-2-3-12-10(8-11)9-14(13(12)15)4-6-16-7-5-14;/h2-3,8,13,16H,4-7,9,15H2,1H3;1H. The van der Waals surface area contributed by atoms with Crippen molar-refractivity contribution in [3.8, 4) is 5.75 Å². The molecule has 0 saturated carbocycles. The number of halogens is 1. The first-order valence-corrected chi connectivity index (χ1v) is 6.38. The lowest BCUT2D eigenvalue weighted by atomic mass is 9.73. The van der Waals surface area contributed by atoms with Crippen LogP contribution in [0.25, 0.3) is 0 Å². The van der Waals surface area contributed by atoms with Crippen LogP contribution in [0.5, 0.6) is 5.75 Å². The van der Waals surface area contributed by atoms with Crippen molar-refractivity contribution in [3.63, 3.8) is 0 Å². The van der Waals surface area contributed by atoms with Gasteiger partial charge in [0.05, 0.1) is 7.11 Å². The average molecular weight is 269 g/mol. The van der Waals surface area contributed by atoms with Crippen molar-refractivity contribution >= 4 is 12.4 Å². The molecule has 1 heterocycles. The summed E-state index contributed by atoms with van der Waals surface area (Å²) in [7, 11) is 1.72. The Hall–Kier alpha value is -0.770. The maximum Gasteiger partial charge on any atom is 0.119 e. The predicted octanol–water partition coefficient (Wildman–Crippen LogP) is 2.04. The van der Waals surface area contributed by atoms with Crippen LogP contribution < -0.4 is 15.8 Å². The van der Waals surface area contributed by atoms with Gasteiger partial charge in [0, 0.05) is 6.04 Å². The minimum atomic E-state index is 0. The zero-order valence-corrected chi connectivity index (χ0v) is 11.6. The van der Waals surface area contributed by atoms with Crippen LogP contribution in [0, 0.1) is 5.41 Å². The predicted molar refractivity (Wildman–Crippen MR) is 75.4 cm³/mol. The Labute approximate surface area is 114 Å². The maximum atomic E-state index is 6.48. The highest BCUT2D eigenvalue weighted by atomic mass is 35.5. The molecular weight excluding hydrogens is 248 g/mol. The van der Waals surface area contributed by atoms with Crippen molar-refractivity contribution in [2.75, 3.05) is 20.2 Å². The lowest BCUT2D eigenvalue weighted by molar-refractivity contribution is 0.174. The normalized spacial score (nSPS) is 24.4. The largest absolute Gasteiger partial charge is 0.497 e. The zero-order valence-electron chi connectivity index (χ0n) is 10.7. The number of fused-ring (bicyclic) bond motifs is 1. The first-order chi connectivity index (χ1) is 8.25. The number of hydrogen-bond donors (Lipinski definition) is 2. The van der Waals surface area contributed by atoms with Crippen molar-refractivity contribution in [3.05, 3.63) is 29.3 Å². The average Bonchev–Trinajstić information content (AvgIpc) is 2.63. The molecule has 1 unspecified atom stereocenters. The molecule has 18 heavy (non-hydrogen) atoms. The summed E-state index contributed by atoms with van der Waals surface area (Å²) in [6.07, 6.45) is 3.48. The van der Waals surface area contributed by atoms with Crippen molar-refractivity contribution in [2.45, 2.75) is 25.3 Å². The Morgan fingerprint density at radius 2 is 2.06 bits per heavy atom. The Balaban J connectivity index is 0.00000120. The highest BCUT2D eigenvalue weighted by Gasteiger charge is 2.44. The number of nitrogens with two attached hydrogens (primary N) is 1. The molecule has 1 aromatic rings. The lowest BCUT2D eigenvalue weighted by Crippen LogP contribution is -2.41. The molecule has 100 valence electrons. The number of ether oxygens (including phenoxy) is 1. The second-order valence-corrected chi connectivity index (χ2v) is 5.33. The molecule has 0 bridgehead atoms. The van der Waals surface area contributed by atoms with Crippen LogP contribution in [0.4, 0.5) is 0 Å². The molecule has 1 atom stereocenters. The Kier molecular flexibility index (Phi) is 3.85. The summed E-state index contributed by atoms with van der Waals surface area (Å²) in [6.45, 7) is 2.19. The maximum absolute atomic E-state index is 6.48. The second-order valence-electron chi connectivity index (χ2n) is 5.33. The quantitative estimate of drug-likeness (QED) is 0.820. The topological polar surface area (TPSA) is 47.3 Å². The van der Waals surface area contributed by atoms with Crippen LogP contribution in [-0.4, -0.2) is 20.2 Å². The molecule has 1 aliphatic carbocycles. The van der Waals surface area contributed by atoms with Gasteiger partial charge in [0.15, 0.2) is 0 Å². The van der Waals surface area contributed by atoms with Gasteiger partial charge in [-0.1, -0.05) is 6.07 Å². The molecule has 1 aliphatic heterocycles. The van der Waals surface area contributed by atoms with Gasteiger partial charge in [-0.25, -0.2) is 0 Å². The molecule has 3 nitrogen and oxygen atoms in total. The van der Waals surface area contributed by atoms with Gasteiger partial charge in [-0.05, 0) is 61.0 Å². The molecule has 1 aromatic carbocycles. The van der Waals surface area contributed by atoms with E-state index in [-0.39, 0.29) is 18.4 Å². The molecule has 2 aliphatic rings. The summed E-state index contributed by atoms with van der Waals surface area (Å²) in [5, 5.41) is 3.43.